The van der Waals surface area contributed by atoms with Crippen molar-refractivity contribution in [1.82, 2.24) is 0 Å². The molecule has 0 saturated heterocycles. The molecule has 0 aromatic heterocycles. The minimum atomic E-state index is -0.989. The number of hydrogen-bond acceptors (Lipinski definition) is 6. The Labute approximate surface area is 221 Å². The molecule has 0 amide bonds. The van der Waals surface area contributed by atoms with E-state index in [4.69, 9.17) is 0 Å². The Morgan fingerprint density at radius 1 is 0.973 bits per heavy atom. The molecule has 0 radical (unpaired) electrons. The second-order valence-electron chi connectivity index (χ2n) is 14.6. The van der Waals surface area contributed by atoms with Gasteiger partial charge in [-0.2, -0.15) is 0 Å². The number of carboxylic acid groups (broad SMARTS) is 1. The number of carbonyl (C=O) groups is 3. The molecular weight excluding hydrogens is 472 g/mol. The lowest BCUT2D eigenvalue weighted by atomic mass is 9.37. The molecular formula is C30H48O7. The summed E-state index contributed by atoms with van der Waals surface area (Å²) >= 11 is 0. The number of fused-ring (bicyclic) bond motifs is 5. The summed E-state index contributed by atoms with van der Waals surface area (Å²) in [5, 5.41) is 43.4. The Hall–Kier alpha value is -1.31. The van der Waals surface area contributed by atoms with Crippen LogP contribution in [0.2, 0.25) is 0 Å². The zero-order chi connectivity index (χ0) is 27.9. The van der Waals surface area contributed by atoms with Gasteiger partial charge in [-0.3, -0.25) is 14.4 Å². The summed E-state index contributed by atoms with van der Waals surface area (Å²) in [6.07, 6.45) is 0.859. The molecule has 0 aromatic carbocycles. The van der Waals surface area contributed by atoms with Gasteiger partial charge in [0.05, 0.1) is 24.2 Å². The minimum Gasteiger partial charge on any atom is -0.481 e. The van der Waals surface area contributed by atoms with Crippen LogP contribution in [0.15, 0.2) is 0 Å². The lowest BCUT2D eigenvalue weighted by molar-refractivity contribution is -0.237. The number of aliphatic carboxylic acids is 1. The van der Waals surface area contributed by atoms with Crippen LogP contribution in [0.5, 0.6) is 0 Å². The number of aliphatic hydroxyl groups excluding tert-OH is 3. The summed E-state index contributed by atoms with van der Waals surface area (Å²) in [5.41, 5.74) is -2.06. The molecule has 7 nitrogen and oxygen atoms in total. The molecule has 0 aromatic rings. The van der Waals surface area contributed by atoms with E-state index in [0.29, 0.717) is 25.7 Å². The van der Waals surface area contributed by atoms with E-state index in [9.17, 15) is 34.8 Å². The van der Waals surface area contributed by atoms with E-state index in [1.54, 1.807) is 0 Å². The number of hydrogen-bond donors (Lipinski definition) is 4. The van der Waals surface area contributed by atoms with Gasteiger partial charge < -0.3 is 20.4 Å². The number of carboxylic acids is 1. The van der Waals surface area contributed by atoms with Gasteiger partial charge in [0.15, 0.2) is 0 Å². The maximum atomic E-state index is 14.1. The number of ketones is 2. The van der Waals surface area contributed by atoms with E-state index >= 15 is 0 Å². The molecule has 4 fully saturated rings. The van der Waals surface area contributed by atoms with Crippen molar-refractivity contribution in [2.24, 2.45) is 57.2 Å². The summed E-state index contributed by atoms with van der Waals surface area (Å²) in [6.45, 7) is 13.9. The number of carbonyl (C=O) groups excluding carboxylic acids is 2. The SMILES string of the molecule is CC(CC(=O)C[C@@H](C)[C@H]1CC(O)[C@@]2(C)[C@@H]3C(O)C[C@H]4C(C)(C)C(O)CC[C@]4(C)[C@H]3C(=O)C[C@]12C)C(=O)O. The van der Waals surface area contributed by atoms with Crippen molar-refractivity contribution >= 4 is 17.5 Å². The molecule has 7 heteroatoms. The van der Waals surface area contributed by atoms with Gasteiger partial charge >= 0.3 is 5.97 Å². The fraction of sp³-hybridized carbons (Fsp3) is 0.900. The van der Waals surface area contributed by atoms with Gasteiger partial charge in [0.1, 0.15) is 11.6 Å². The molecule has 0 aliphatic heterocycles. The third-order valence-corrected chi connectivity index (χ3v) is 12.5. The predicted octanol–water partition coefficient (Wildman–Crippen LogP) is 3.86. The van der Waals surface area contributed by atoms with Gasteiger partial charge in [-0.15, -0.1) is 0 Å². The second-order valence-corrected chi connectivity index (χ2v) is 14.6. The maximum absolute atomic E-state index is 14.1. The van der Waals surface area contributed by atoms with Crippen molar-refractivity contribution in [3.8, 4) is 0 Å². The zero-order valence-electron chi connectivity index (χ0n) is 23.7. The molecule has 4 aliphatic carbocycles. The largest absolute Gasteiger partial charge is 0.481 e. The number of aliphatic hydroxyl groups is 3. The van der Waals surface area contributed by atoms with Crippen LogP contribution in [-0.4, -0.2) is 56.3 Å². The molecule has 4 rings (SSSR count). The van der Waals surface area contributed by atoms with Crippen molar-refractivity contribution < 1.29 is 34.8 Å². The van der Waals surface area contributed by atoms with Crippen LogP contribution in [0, 0.1) is 57.2 Å². The Morgan fingerprint density at radius 2 is 1.59 bits per heavy atom. The monoisotopic (exact) mass is 520 g/mol. The summed E-state index contributed by atoms with van der Waals surface area (Å²) in [7, 11) is 0. The van der Waals surface area contributed by atoms with Crippen LogP contribution in [0.3, 0.4) is 0 Å². The van der Waals surface area contributed by atoms with Crippen LogP contribution < -0.4 is 0 Å². The Bertz CT molecular complexity index is 960. The average molecular weight is 521 g/mol. The van der Waals surface area contributed by atoms with Crippen LogP contribution in [0.4, 0.5) is 0 Å². The van der Waals surface area contributed by atoms with Crippen molar-refractivity contribution in [3.63, 3.8) is 0 Å². The molecule has 37 heavy (non-hydrogen) atoms. The molecule has 12 atom stereocenters. The van der Waals surface area contributed by atoms with Crippen LogP contribution in [0.25, 0.3) is 0 Å². The highest BCUT2D eigenvalue weighted by Gasteiger charge is 2.74. The predicted molar refractivity (Wildman–Crippen MR) is 138 cm³/mol. The third-order valence-electron chi connectivity index (χ3n) is 12.5. The average Bonchev–Trinajstić information content (AvgIpc) is 2.99. The first-order valence-corrected chi connectivity index (χ1v) is 14.2. The Morgan fingerprint density at radius 3 is 2.19 bits per heavy atom. The lowest BCUT2D eigenvalue weighted by Crippen LogP contribution is -2.69. The lowest BCUT2D eigenvalue weighted by Gasteiger charge is -2.67. The second kappa shape index (κ2) is 9.12. The molecule has 0 heterocycles. The van der Waals surface area contributed by atoms with E-state index in [1.807, 2.05) is 6.92 Å². The van der Waals surface area contributed by atoms with Gasteiger partial charge in [-0.25, -0.2) is 0 Å². The maximum Gasteiger partial charge on any atom is 0.306 e. The fourth-order valence-corrected chi connectivity index (χ4v) is 10.2. The summed E-state index contributed by atoms with van der Waals surface area (Å²) in [5.74, 6) is -2.68. The highest BCUT2D eigenvalue weighted by molar-refractivity contribution is 5.85. The van der Waals surface area contributed by atoms with Gasteiger partial charge in [0, 0.05) is 36.5 Å². The van der Waals surface area contributed by atoms with Crippen molar-refractivity contribution in [2.45, 2.75) is 112 Å². The summed E-state index contributed by atoms with van der Waals surface area (Å²) < 4.78 is 0. The molecule has 210 valence electrons. The first-order valence-electron chi connectivity index (χ1n) is 14.2. The normalized spacial score (nSPS) is 48.4. The molecule has 4 saturated carbocycles. The van der Waals surface area contributed by atoms with Gasteiger partial charge in [-0.1, -0.05) is 48.5 Å². The van der Waals surface area contributed by atoms with Crippen LogP contribution >= 0.6 is 0 Å². The van der Waals surface area contributed by atoms with E-state index in [-0.39, 0.29) is 59.4 Å². The van der Waals surface area contributed by atoms with E-state index in [1.165, 1.54) is 6.92 Å². The van der Waals surface area contributed by atoms with Crippen molar-refractivity contribution in [2.75, 3.05) is 0 Å². The highest BCUT2D eigenvalue weighted by Crippen LogP contribution is 2.73. The smallest absolute Gasteiger partial charge is 0.306 e. The van der Waals surface area contributed by atoms with E-state index in [0.717, 1.165) is 6.42 Å². The molecule has 0 bridgehead atoms. The van der Waals surface area contributed by atoms with E-state index < -0.39 is 46.4 Å². The van der Waals surface area contributed by atoms with Crippen LogP contribution in [-0.2, 0) is 14.4 Å². The summed E-state index contributed by atoms with van der Waals surface area (Å²) in [6, 6.07) is 0. The molecule has 4 aliphatic rings. The van der Waals surface area contributed by atoms with Gasteiger partial charge in [0.2, 0.25) is 0 Å². The molecule has 4 unspecified atom stereocenters. The Kier molecular flexibility index (Phi) is 7.08. The van der Waals surface area contributed by atoms with Crippen molar-refractivity contribution in [1.29, 1.82) is 0 Å². The minimum absolute atomic E-state index is 0.000908. The van der Waals surface area contributed by atoms with E-state index in [2.05, 4.69) is 34.6 Å². The summed E-state index contributed by atoms with van der Waals surface area (Å²) in [4.78, 5) is 38.1. The topological polar surface area (TPSA) is 132 Å². The molecule has 4 N–H and O–H groups in total. The Balaban J connectivity index is 1.67. The van der Waals surface area contributed by atoms with Gasteiger partial charge in [-0.05, 0) is 59.7 Å². The third kappa shape index (κ3) is 3.97. The first kappa shape index (κ1) is 28.7. The quantitative estimate of drug-likeness (QED) is 0.418. The number of Topliss-reactive ketones (excluding diaryl/α,β-unsaturated/α-hetero) is 2. The first-order chi connectivity index (χ1) is 16.9. The standard InChI is InChI=1S/C30H48O7/c1-15(10-17(31)11-16(2)26(36)37)18-12-23(35)30(7)25-19(32)13-21-27(3,4)22(34)8-9-28(21,5)24(25)20(33)14-29(18,30)6/h15-16,18-19,21-25,32,34-35H,8-14H2,1-7H3,(H,36,37)/t15-,16?,18-,19?,21+,22?,23?,24+,25-,28+,29-,30+/m1/s1. The van der Waals surface area contributed by atoms with Crippen molar-refractivity contribution in [3.05, 3.63) is 0 Å². The zero-order valence-corrected chi connectivity index (χ0v) is 23.7. The number of rotatable bonds is 6. The highest BCUT2D eigenvalue weighted by atomic mass is 16.4. The van der Waals surface area contributed by atoms with Gasteiger partial charge in [0.25, 0.3) is 0 Å². The molecule has 0 spiro atoms. The van der Waals surface area contributed by atoms with Crippen LogP contribution in [0.1, 0.15) is 93.4 Å². The fourth-order valence-electron chi connectivity index (χ4n) is 10.2.